The van der Waals surface area contributed by atoms with Gasteiger partial charge in [-0.05, 0) is 57.7 Å². The maximum Gasteiger partial charge on any atom is 0.122 e. The largest absolute Gasteiger partial charge is 0.507 e. The Balaban J connectivity index is 3.34. The van der Waals surface area contributed by atoms with Crippen molar-refractivity contribution in [2.24, 2.45) is 0 Å². The van der Waals surface area contributed by atoms with E-state index in [9.17, 15) is 10.2 Å². The first-order valence-corrected chi connectivity index (χ1v) is 5.50. The number of phenolic OH excluding ortho intramolecular Hbond substituents is 2. The second-order valence-corrected chi connectivity index (χ2v) is 4.54. The predicted octanol–water partition coefficient (Wildman–Crippen LogP) is 3.53. The Morgan fingerprint density at radius 3 is 1.94 bits per heavy atom. The third-order valence-electron chi connectivity index (χ3n) is 3.08. The Morgan fingerprint density at radius 1 is 0.938 bits per heavy atom. The highest BCUT2D eigenvalue weighted by Crippen LogP contribution is 2.36. The highest BCUT2D eigenvalue weighted by molar-refractivity contribution is 5.57. The van der Waals surface area contributed by atoms with Gasteiger partial charge >= 0.3 is 0 Å². The van der Waals surface area contributed by atoms with Gasteiger partial charge in [-0.15, -0.1) is 0 Å². The number of rotatable bonds is 2. The normalized spacial score (nSPS) is 10.3. The Bertz CT molecular complexity index is 410. The van der Waals surface area contributed by atoms with Gasteiger partial charge in [0.1, 0.15) is 11.5 Å². The van der Waals surface area contributed by atoms with Gasteiger partial charge in [0.25, 0.3) is 0 Å². The average molecular weight is 220 g/mol. The van der Waals surface area contributed by atoms with Crippen LogP contribution in [0.1, 0.15) is 36.1 Å². The first-order chi connectivity index (χ1) is 7.36. The van der Waals surface area contributed by atoms with Gasteiger partial charge in [-0.25, -0.2) is 0 Å². The van der Waals surface area contributed by atoms with Gasteiger partial charge in [0, 0.05) is 5.56 Å². The fourth-order valence-electron chi connectivity index (χ4n) is 1.74. The summed E-state index contributed by atoms with van der Waals surface area (Å²) in [5.41, 5.74) is 4.33. The van der Waals surface area contributed by atoms with Crippen LogP contribution in [0.15, 0.2) is 11.6 Å². The molecule has 0 aliphatic heterocycles. The molecule has 1 rings (SSSR count). The van der Waals surface area contributed by atoms with Gasteiger partial charge < -0.3 is 10.2 Å². The van der Waals surface area contributed by atoms with Crippen molar-refractivity contribution in [3.8, 4) is 11.5 Å². The van der Waals surface area contributed by atoms with Crippen LogP contribution in [0.2, 0.25) is 0 Å². The molecule has 0 atom stereocenters. The van der Waals surface area contributed by atoms with E-state index >= 15 is 0 Å². The number of allylic oxidation sites excluding steroid dienone is 2. The molecule has 0 aromatic heterocycles. The van der Waals surface area contributed by atoms with E-state index in [0.29, 0.717) is 17.9 Å². The van der Waals surface area contributed by atoms with E-state index in [4.69, 9.17) is 0 Å². The number of aromatic hydroxyl groups is 2. The standard InChI is InChI=1S/C14H20O2/c1-8(2)6-7-12-11(5)13(15)9(3)10(4)14(12)16/h6,15-16H,7H2,1-5H3. The van der Waals surface area contributed by atoms with Crippen molar-refractivity contribution in [1.82, 2.24) is 0 Å². The molecule has 1 aromatic rings. The number of benzene rings is 1. The summed E-state index contributed by atoms with van der Waals surface area (Å²) in [6.45, 7) is 9.54. The summed E-state index contributed by atoms with van der Waals surface area (Å²) in [6.07, 6.45) is 2.71. The molecule has 88 valence electrons. The lowest BCUT2D eigenvalue weighted by Gasteiger charge is -2.14. The lowest BCUT2D eigenvalue weighted by molar-refractivity contribution is 0.444. The molecule has 0 unspecified atom stereocenters. The minimum atomic E-state index is 0.299. The molecule has 0 saturated heterocycles. The first kappa shape index (κ1) is 12.6. The molecule has 1 aromatic carbocycles. The SMILES string of the molecule is CC(C)=CCc1c(C)c(O)c(C)c(C)c1O. The van der Waals surface area contributed by atoms with Crippen molar-refractivity contribution in [2.45, 2.75) is 41.0 Å². The molecular formula is C14H20O2. The molecule has 16 heavy (non-hydrogen) atoms. The minimum Gasteiger partial charge on any atom is -0.507 e. The summed E-state index contributed by atoms with van der Waals surface area (Å²) in [5.74, 6) is 0.609. The van der Waals surface area contributed by atoms with E-state index in [2.05, 4.69) is 6.08 Å². The Hall–Kier alpha value is -1.44. The summed E-state index contributed by atoms with van der Waals surface area (Å²) in [7, 11) is 0. The molecule has 0 saturated carbocycles. The van der Waals surface area contributed by atoms with Crippen LogP contribution in [0.25, 0.3) is 0 Å². The van der Waals surface area contributed by atoms with E-state index in [-0.39, 0.29) is 0 Å². The van der Waals surface area contributed by atoms with Crippen LogP contribution in [-0.4, -0.2) is 10.2 Å². The van der Waals surface area contributed by atoms with Crippen molar-refractivity contribution in [2.75, 3.05) is 0 Å². The molecule has 2 heteroatoms. The second kappa shape index (κ2) is 4.60. The molecule has 0 bridgehead atoms. The average Bonchev–Trinajstić information content (AvgIpc) is 2.23. The molecule has 0 fully saturated rings. The van der Waals surface area contributed by atoms with Crippen molar-refractivity contribution in [1.29, 1.82) is 0 Å². The molecule has 0 amide bonds. The zero-order valence-corrected chi connectivity index (χ0v) is 10.7. The Labute approximate surface area is 97.2 Å². The maximum atomic E-state index is 10.1. The van der Waals surface area contributed by atoms with E-state index < -0.39 is 0 Å². The van der Waals surface area contributed by atoms with Crippen molar-refractivity contribution in [3.05, 3.63) is 33.9 Å². The summed E-state index contributed by atoms with van der Waals surface area (Å²) < 4.78 is 0. The molecule has 2 nitrogen and oxygen atoms in total. The van der Waals surface area contributed by atoms with Crippen LogP contribution in [0.4, 0.5) is 0 Å². The first-order valence-electron chi connectivity index (χ1n) is 5.50. The molecule has 0 aliphatic carbocycles. The summed E-state index contributed by atoms with van der Waals surface area (Å²) >= 11 is 0. The van der Waals surface area contributed by atoms with Gasteiger partial charge in [-0.3, -0.25) is 0 Å². The molecule has 0 aliphatic rings. The third kappa shape index (κ3) is 2.21. The highest BCUT2D eigenvalue weighted by Gasteiger charge is 2.15. The lowest BCUT2D eigenvalue weighted by atomic mass is 9.95. The van der Waals surface area contributed by atoms with Crippen LogP contribution in [0.5, 0.6) is 11.5 Å². The van der Waals surface area contributed by atoms with Crippen LogP contribution in [0.3, 0.4) is 0 Å². The fraction of sp³-hybridized carbons (Fsp3) is 0.429. The zero-order valence-electron chi connectivity index (χ0n) is 10.7. The van der Waals surface area contributed by atoms with Crippen LogP contribution in [0, 0.1) is 20.8 Å². The van der Waals surface area contributed by atoms with E-state index in [0.717, 1.165) is 22.3 Å². The second-order valence-electron chi connectivity index (χ2n) is 4.54. The number of hydrogen-bond donors (Lipinski definition) is 2. The topological polar surface area (TPSA) is 40.5 Å². The van der Waals surface area contributed by atoms with Gasteiger partial charge in [0.2, 0.25) is 0 Å². The number of phenols is 2. The monoisotopic (exact) mass is 220 g/mol. The maximum absolute atomic E-state index is 10.1. The minimum absolute atomic E-state index is 0.299. The molecule has 0 heterocycles. The molecule has 0 spiro atoms. The smallest absolute Gasteiger partial charge is 0.122 e. The van der Waals surface area contributed by atoms with Gasteiger partial charge in [-0.1, -0.05) is 11.6 Å². The van der Waals surface area contributed by atoms with Crippen LogP contribution >= 0.6 is 0 Å². The number of hydrogen-bond acceptors (Lipinski definition) is 2. The predicted molar refractivity (Wildman–Crippen MR) is 67.1 cm³/mol. The molecule has 2 N–H and O–H groups in total. The summed E-state index contributed by atoms with van der Waals surface area (Å²) in [6, 6.07) is 0. The van der Waals surface area contributed by atoms with Gasteiger partial charge in [-0.2, -0.15) is 0 Å². The van der Waals surface area contributed by atoms with Gasteiger partial charge in [0.05, 0.1) is 0 Å². The highest BCUT2D eigenvalue weighted by atomic mass is 16.3. The lowest BCUT2D eigenvalue weighted by Crippen LogP contribution is -1.95. The van der Waals surface area contributed by atoms with E-state index in [1.807, 2.05) is 34.6 Å². The molecular weight excluding hydrogens is 200 g/mol. The summed E-state index contributed by atoms with van der Waals surface area (Å²) in [4.78, 5) is 0. The quantitative estimate of drug-likeness (QED) is 0.591. The molecule has 0 radical (unpaired) electrons. The zero-order chi connectivity index (χ0) is 12.5. The van der Waals surface area contributed by atoms with Crippen molar-refractivity contribution >= 4 is 0 Å². The Morgan fingerprint density at radius 2 is 1.44 bits per heavy atom. The van der Waals surface area contributed by atoms with E-state index in [1.165, 1.54) is 5.57 Å². The van der Waals surface area contributed by atoms with Crippen molar-refractivity contribution in [3.63, 3.8) is 0 Å². The summed E-state index contributed by atoms with van der Waals surface area (Å²) in [5, 5.41) is 20.0. The fourth-order valence-corrected chi connectivity index (χ4v) is 1.74. The van der Waals surface area contributed by atoms with E-state index in [1.54, 1.807) is 0 Å². The van der Waals surface area contributed by atoms with Crippen molar-refractivity contribution < 1.29 is 10.2 Å². The van der Waals surface area contributed by atoms with Crippen LogP contribution in [-0.2, 0) is 6.42 Å². The Kier molecular flexibility index (Phi) is 3.63. The third-order valence-corrected chi connectivity index (χ3v) is 3.08. The van der Waals surface area contributed by atoms with Crippen LogP contribution < -0.4 is 0 Å². The van der Waals surface area contributed by atoms with Gasteiger partial charge in [0.15, 0.2) is 0 Å².